The van der Waals surface area contributed by atoms with Gasteiger partial charge in [0.2, 0.25) is 0 Å². The summed E-state index contributed by atoms with van der Waals surface area (Å²) in [5.41, 5.74) is 3.54. The molecule has 3 rings (SSSR count). The van der Waals surface area contributed by atoms with Gasteiger partial charge in [0.05, 0.1) is 12.8 Å². The molecule has 0 unspecified atom stereocenters. The van der Waals surface area contributed by atoms with Crippen LogP contribution in [-0.4, -0.2) is 28.3 Å². The van der Waals surface area contributed by atoms with Crippen LogP contribution in [0.3, 0.4) is 0 Å². The molecule has 0 aliphatic rings. The van der Waals surface area contributed by atoms with E-state index in [0.717, 1.165) is 23.3 Å². The highest BCUT2D eigenvalue weighted by molar-refractivity contribution is 5.93. The summed E-state index contributed by atoms with van der Waals surface area (Å²) in [4.78, 5) is 12.3. The lowest BCUT2D eigenvalue weighted by molar-refractivity contribution is 0.0946. The van der Waals surface area contributed by atoms with Crippen molar-refractivity contribution >= 4 is 5.91 Å². The SMILES string of the molecule is CCc1ccc(O)c(-c2cc(C(=O)NCc3ccc(OC)cc3)[nH]n2)c1. The molecule has 0 fully saturated rings. The predicted molar refractivity (Wildman–Crippen MR) is 99.2 cm³/mol. The molecular formula is C20H21N3O3. The van der Waals surface area contributed by atoms with Crippen molar-refractivity contribution in [2.45, 2.75) is 19.9 Å². The molecule has 0 radical (unpaired) electrons. The Labute approximate surface area is 151 Å². The third-order valence-electron chi connectivity index (χ3n) is 4.18. The lowest BCUT2D eigenvalue weighted by Crippen LogP contribution is -2.23. The summed E-state index contributed by atoms with van der Waals surface area (Å²) in [7, 11) is 1.61. The van der Waals surface area contributed by atoms with E-state index in [2.05, 4.69) is 15.5 Å². The summed E-state index contributed by atoms with van der Waals surface area (Å²) < 4.78 is 5.11. The largest absolute Gasteiger partial charge is 0.507 e. The van der Waals surface area contributed by atoms with Crippen LogP contribution >= 0.6 is 0 Å². The van der Waals surface area contributed by atoms with E-state index in [1.807, 2.05) is 43.3 Å². The summed E-state index contributed by atoms with van der Waals surface area (Å²) in [6, 6.07) is 14.5. The first-order valence-corrected chi connectivity index (χ1v) is 8.39. The Morgan fingerprint density at radius 3 is 2.58 bits per heavy atom. The van der Waals surface area contributed by atoms with Gasteiger partial charge in [-0.25, -0.2) is 0 Å². The van der Waals surface area contributed by atoms with Crippen molar-refractivity contribution in [2.75, 3.05) is 7.11 Å². The number of amides is 1. The fourth-order valence-electron chi connectivity index (χ4n) is 2.61. The number of nitrogens with one attached hydrogen (secondary N) is 2. The molecule has 0 aliphatic heterocycles. The molecule has 6 heteroatoms. The van der Waals surface area contributed by atoms with E-state index < -0.39 is 0 Å². The van der Waals surface area contributed by atoms with Gasteiger partial charge in [0, 0.05) is 12.1 Å². The molecule has 0 atom stereocenters. The van der Waals surface area contributed by atoms with Crippen LogP contribution in [0.15, 0.2) is 48.5 Å². The number of nitrogens with zero attached hydrogens (tertiary/aromatic N) is 1. The monoisotopic (exact) mass is 351 g/mol. The second kappa shape index (κ2) is 7.74. The van der Waals surface area contributed by atoms with E-state index in [4.69, 9.17) is 4.74 Å². The van der Waals surface area contributed by atoms with Crippen LogP contribution in [0.25, 0.3) is 11.3 Å². The summed E-state index contributed by atoms with van der Waals surface area (Å²) in [5, 5.41) is 19.8. The third kappa shape index (κ3) is 3.85. The molecule has 134 valence electrons. The molecule has 0 saturated heterocycles. The number of hydrogen-bond acceptors (Lipinski definition) is 4. The summed E-state index contributed by atoms with van der Waals surface area (Å²) in [6.07, 6.45) is 0.854. The Morgan fingerprint density at radius 2 is 1.88 bits per heavy atom. The van der Waals surface area contributed by atoms with E-state index in [-0.39, 0.29) is 11.7 Å². The number of phenolic OH excluding ortho intramolecular Hbond substituents is 1. The first kappa shape index (κ1) is 17.5. The summed E-state index contributed by atoms with van der Waals surface area (Å²) >= 11 is 0. The Hall–Kier alpha value is -3.28. The first-order valence-electron chi connectivity index (χ1n) is 8.39. The lowest BCUT2D eigenvalue weighted by atomic mass is 10.1. The minimum atomic E-state index is -0.259. The highest BCUT2D eigenvalue weighted by Gasteiger charge is 2.13. The van der Waals surface area contributed by atoms with Crippen LogP contribution < -0.4 is 10.1 Å². The standard InChI is InChI=1S/C20H21N3O3/c1-3-13-6-9-19(24)16(10-13)17-11-18(23-22-17)20(25)21-12-14-4-7-15(26-2)8-5-14/h4-11,24H,3,12H2,1-2H3,(H,21,25)(H,22,23). The molecular weight excluding hydrogens is 330 g/mol. The van der Waals surface area contributed by atoms with Gasteiger partial charge in [0.25, 0.3) is 5.91 Å². The van der Waals surface area contributed by atoms with Gasteiger partial charge in [-0.05, 0) is 47.9 Å². The van der Waals surface area contributed by atoms with Crippen LogP contribution in [0.4, 0.5) is 0 Å². The quantitative estimate of drug-likeness (QED) is 0.636. The third-order valence-corrected chi connectivity index (χ3v) is 4.18. The number of aryl methyl sites for hydroxylation is 1. The molecule has 1 heterocycles. The number of ether oxygens (including phenoxy) is 1. The second-order valence-electron chi connectivity index (χ2n) is 5.90. The van der Waals surface area contributed by atoms with Crippen LogP contribution in [0.1, 0.15) is 28.5 Å². The lowest BCUT2D eigenvalue weighted by Gasteiger charge is -2.05. The van der Waals surface area contributed by atoms with Crippen LogP contribution in [0.2, 0.25) is 0 Å². The number of aromatic amines is 1. The molecule has 0 saturated carbocycles. The van der Waals surface area contributed by atoms with Crippen molar-refractivity contribution in [1.82, 2.24) is 15.5 Å². The maximum Gasteiger partial charge on any atom is 0.269 e. The Balaban J connectivity index is 1.69. The number of aromatic hydroxyl groups is 1. The number of methoxy groups -OCH3 is 1. The maximum atomic E-state index is 12.3. The summed E-state index contributed by atoms with van der Waals surface area (Å²) in [6.45, 7) is 2.44. The molecule has 1 amide bonds. The van der Waals surface area contributed by atoms with Crippen molar-refractivity contribution in [3.05, 3.63) is 65.4 Å². The number of phenols is 1. The number of carbonyl (C=O) groups is 1. The zero-order chi connectivity index (χ0) is 18.5. The zero-order valence-corrected chi connectivity index (χ0v) is 14.7. The van der Waals surface area contributed by atoms with Crippen molar-refractivity contribution in [2.24, 2.45) is 0 Å². The van der Waals surface area contributed by atoms with Gasteiger partial charge in [-0.2, -0.15) is 5.10 Å². The molecule has 0 aliphatic carbocycles. The number of H-pyrrole nitrogens is 1. The number of carbonyl (C=O) groups excluding carboxylic acids is 1. The van der Waals surface area contributed by atoms with Gasteiger partial charge in [-0.1, -0.05) is 25.1 Å². The molecule has 3 N–H and O–H groups in total. The number of rotatable bonds is 6. The molecule has 1 aromatic heterocycles. The van der Waals surface area contributed by atoms with Crippen molar-refractivity contribution in [3.63, 3.8) is 0 Å². The molecule has 6 nitrogen and oxygen atoms in total. The number of aromatic nitrogens is 2. The molecule has 2 aromatic carbocycles. The van der Waals surface area contributed by atoms with Gasteiger partial charge >= 0.3 is 0 Å². The van der Waals surface area contributed by atoms with Crippen LogP contribution in [-0.2, 0) is 13.0 Å². The van der Waals surface area contributed by atoms with Gasteiger partial charge in [-0.3, -0.25) is 9.89 Å². The fraction of sp³-hybridized carbons (Fsp3) is 0.200. The first-order chi connectivity index (χ1) is 12.6. The average molecular weight is 351 g/mol. The highest BCUT2D eigenvalue weighted by atomic mass is 16.5. The zero-order valence-electron chi connectivity index (χ0n) is 14.7. The summed E-state index contributed by atoms with van der Waals surface area (Å²) in [5.74, 6) is 0.650. The Morgan fingerprint density at radius 1 is 1.15 bits per heavy atom. The van der Waals surface area contributed by atoms with E-state index in [0.29, 0.717) is 23.5 Å². The Bertz CT molecular complexity index is 901. The molecule has 3 aromatic rings. The Kier molecular flexibility index (Phi) is 5.22. The molecule has 26 heavy (non-hydrogen) atoms. The number of benzene rings is 2. The van der Waals surface area contributed by atoms with E-state index in [1.165, 1.54) is 0 Å². The highest BCUT2D eigenvalue weighted by Crippen LogP contribution is 2.29. The molecule has 0 bridgehead atoms. The van der Waals surface area contributed by atoms with E-state index >= 15 is 0 Å². The molecule has 0 spiro atoms. The number of hydrogen-bond donors (Lipinski definition) is 3. The van der Waals surface area contributed by atoms with Crippen molar-refractivity contribution in [3.8, 4) is 22.8 Å². The maximum absolute atomic E-state index is 12.3. The minimum absolute atomic E-state index is 0.138. The van der Waals surface area contributed by atoms with Gasteiger partial charge in [0.1, 0.15) is 17.2 Å². The fourth-order valence-corrected chi connectivity index (χ4v) is 2.61. The normalized spacial score (nSPS) is 10.5. The second-order valence-corrected chi connectivity index (χ2v) is 5.90. The predicted octanol–water partition coefficient (Wildman–Crippen LogP) is 3.28. The van der Waals surface area contributed by atoms with Gasteiger partial charge in [-0.15, -0.1) is 0 Å². The van der Waals surface area contributed by atoms with Gasteiger partial charge in [0.15, 0.2) is 0 Å². The average Bonchev–Trinajstić information content (AvgIpc) is 3.17. The van der Waals surface area contributed by atoms with Gasteiger partial charge < -0.3 is 15.2 Å². The topological polar surface area (TPSA) is 87.2 Å². The van der Waals surface area contributed by atoms with E-state index in [1.54, 1.807) is 19.2 Å². The van der Waals surface area contributed by atoms with Crippen molar-refractivity contribution < 1.29 is 14.6 Å². The van der Waals surface area contributed by atoms with Crippen molar-refractivity contribution in [1.29, 1.82) is 0 Å². The van der Waals surface area contributed by atoms with E-state index in [9.17, 15) is 9.90 Å². The minimum Gasteiger partial charge on any atom is -0.507 e. The van der Waals surface area contributed by atoms with Crippen LogP contribution in [0.5, 0.6) is 11.5 Å². The van der Waals surface area contributed by atoms with Crippen LogP contribution in [0, 0.1) is 0 Å². The smallest absolute Gasteiger partial charge is 0.269 e.